The van der Waals surface area contributed by atoms with E-state index in [0.717, 1.165) is 36.7 Å². The van der Waals surface area contributed by atoms with Crippen LogP contribution in [0.4, 0.5) is 5.69 Å². The molecule has 1 aliphatic heterocycles. The number of benzene rings is 1. The van der Waals surface area contributed by atoms with Crippen molar-refractivity contribution < 1.29 is 4.42 Å². The minimum absolute atomic E-state index is 0.399. The van der Waals surface area contributed by atoms with Gasteiger partial charge in [-0.1, -0.05) is 25.1 Å². The van der Waals surface area contributed by atoms with Gasteiger partial charge >= 0.3 is 0 Å². The molecule has 0 radical (unpaired) electrons. The Balaban J connectivity index is 1.78. The van der Waals surface area contributed by atoms with E-state index in [2.05, 4.69) is 53.0 Å². The molecule has 122 valence electrons. The summed E-state index contributed by atoms with van der Waals surface area (Å²) < 4.78 is 5.62. The van der Waals surface area contributed by atoms with Gasteiger partial charge < -0.3 is 9.32 Å². The van der Waals surface area contributed by atoms with E-state index in [0.29, 0.717) is 5.92 Å². The van der Waals surface area contributed by atoms with Crippen LogP contribution < -0.4 is 4.90 Å². The van der Waals surface area contributed by atoms with Crippen molar-refractivity contribution in [3.63, 3.8) is 0 Å². The van der Waals surface area contributed by atoms with Gasteiger partial charge in [0.1, 0.15) is 11.5 Å². The Morgan fingerprint density at radius 1 is 1.17 bits per heavy atom. The van der Waals surface area contributed by atoms with Crippen molar-refractivity contribution in [3.8, 4) is 11.3 Å². The third kappa shape index (κ3) is 2.68. The summed E-state index contributed by atoms with van der Waals surface area (Å²) in [5, 5.41) is 0. The second kappa shape index (κ2) is 6.11. The van der Waals surface area contributed by atoms with Crippen molar-refractivity contribution in [3.05, 3.63) is 66.0 Å². The van der Waals surface area contributed by atoms with Crippen LogP contribution in [0.1, 0.15) is 36.3 Å². The molecule has 3 heterocycles. The van der Waals surface area contributed by atoms with Gasteiger partial charge in [0.15, 0.2) is 6.39 Å². The summed E-state index contributed by atoms with van der Waals surface area (Å²) in [6, 6.07) is 12.6. The zero-order valence-electron chi connectivity index (χ0n) is 14.1. The van der Waals surface area contributed by atoms with Crippen LogP contribution in [0.15, 0.2) is 53.4 Å². The molecule has 0 saturated heterocycles. The summed E-state index contributed by atoms with van der Waals surface area (Å²) in [5.74, 6) is 1.43. The standard InChI is InChI=1S/C20H21N3O/c1-14-6-7-16(17-5-3-4-9-21-17)19(11-14)23-10-8-15(2)20-18(12-23)22-13-24-20/h3-7,9,11,13,15H,8,10,12H2,1-2H3. The Labute approximate surface area is 142 Å². The topological polar surface area (TPSA) is 42.2 Å². The Kier molecular flexibility index (Phi) is 3.81. The number of aromatic nitrogens is 2. The highest BCUT2D eigenvalue weighted by Gasteiger charge is 2.25. The predicted octanol–water partition coefficient (Wildman–Crippen LogP) is 4.56. The highest BCUT2D eigenvalue weighted by atomic mass is 16.3. The molecule has 4 heteroatoms. The van der Waals surface area contributed by atoms with Crippen molar-refractivity contribution >= 4 is 5.69 Å². The molecule has 0 aliphatic carbocycles. The van der Waals surface area contributed by atoms with E-state index in [-0.39, 0.29) is 0 Å². The van der Waals surface area contributed by atoms with Gasteiger partial charge in [-0.2, -0.15) is 0 Å². The average molecular weight is 319 g/mol. The van der Waals surface area contributed by atoms with Gasteiger partial charge in [0.25, 0.3) is 0 Å². The fraction of sp³-hybridized carbons (Fsp3) is 0.300. The van der Waals surface area contributed by atoms with Crippen LogP contribution in [0.25, 0.3) is 11.3 Å². The van der Waals surface area contributed by atoms with Gasteiger partial charge in [-0.15, -0.1) is 0 Å². The molecular weight excluding hydrogens is 298 g/mol. The molecule has 0 bridgehead atoms. The lowest BCUT2D eigenvalue weighted by atomic mass is 10.0. The van der Waals surface area contributed by atoms with E-state index >= 15 is 0 Å². The Morgan fingerprint density at radius 2 is 2.08 bits per heavy atom. The van der Waals surface area contributed by atoms with Gasteiger partial charge in [0, 0.05) is 29.9 Å². The average Bonchev–Trinajstić information content (AvgIpc) is 3.01. The second-order valence-electron chi connectivity index (χ2n) is 6.51. The summed E-state index contributed by atoms with van der Waals surface area (Å²) in [6.07, 6.45) is 4.47. The minimum Gasteiger partial charge on any atom is -0.448 e. The van der Waals surface area contributed by atoms with E-state index in [1.54, 1.807) is 6.39 Å². The van der Waals surface area contributed by atoms with E-state index in [9.17, 15) is 0 Å². The normalized spacial score (nSPS) is 17.4. The van der Waals surface area contributed by atoms with Gasteiger partial charge in [-0.25, -0.2) is 4.98 Å². The van der Waals surface area contributed by atoms with Gasteiger partial charge in [-0.3, -0.25) is 4.98 Å². The largest absolute Gasteiger partial charge is 0.448 e. The molecular formula is C20H21N3O. The Morgan fingerprint density at radius 3 is 2.92 bits per heavy atom. The van der Waals surface area contributed by atoms with Crippen molar-refractivity contribution in [2.75, 3.05) is 11.4 Å². The van der Waals surface area contributed by atoms with E-state index in [1.165, 1.54) is 16.8 Å². The van der Waals surface area contributed by atoms with Crippen LogP contribution >= 0.6 is 0 Å². The fourth-order valence-corrected chi connectivity index (χ4v) is 3.39. The first-order chi connectivity index (χ1) is 11.7. The van der Waals surface area contributed by atoms with Gasteiger partial charge in [-0.05, 0) is 37.1 Å². The lowest BCUT2D eigenvalue weighted by molar-refractivity contribution is 0.463. The molecule has 0 amide bonds. The Bertz CT molecular complexity index is 841. The third-order valence-electron chi connectivity index (χ3n) is 4.73. The van der Waals surface area contributed by atoms with Crippen LogP contribution in [-0.2, 0) is 6.54 Å². The number of rotatable bonds is 2. The van der Waals surface area contributed by atoms with Gasteiger partial charge in [0.2, 0.25) is 0 Å². The molecule has 1 aromatic carbocycles. The zero-order valence-corrected chi connectivity index (χ0v) is 14.1. The summed E-state index contributed by atoms with van der Waals surface area (Å²) in [4.78, 5) is 11.4. The lowest BCUT2D eigenvalue weighted by Crippen LogP contribution is -2.23. The van der Waals surface area contributed by atoms with Crippen LogP contribution in [0.2, 0.25) is 0 Å². The van der Waals surface area contributed by atoms with Crippen LogP contribution in [0.5, 0.6) is 0 Å². The highest BCUT2D eigenvalue weighted by molar-refractivity contribution is 5.77. The molecule has 0 saturated carbocycles. The number of anilines is 1. The zero-order chi connectivity index (χ0) is 16.5. The number of pyridine rings is 1. The number of hydrogen-bond acceptors (Lipinski definition) is 4. The molecule has 1 aliphatic rings. The number of hydrogen-bond donors (Lipinski definition) is 0. The first kappa shape index (κ1) is 14.9. The summed E-state index contributed by atoms with van der Waals surface area (Å²) in [6.45, 7) is 6.10. The molecule has 0 N–H and O–H groups in total. The second-order valence-corrected chi connectivity index (χ2v) is 6.51. The Hall–Kier alpha value is -2.62. The third-order valence-corrected chi connectivity index (χ3v) is 4.73. The number of aryl methyl sites for hydroxylation is 1. The van der Waals surface area contributed by atoms with E-state index in [4.69, 9.17) is 4.42 Å². The maximum atomic E-state index is 5.62. The summed E-state index contributed by atoms with van der Waals surface area (Å²) in [7, 11) is 0. The monoisotopic (exact) mass is 319 g/mol. The van der Waals surface area contributed by atoms with Crippen LogP contribution in [0.3, 0.4) is 0 Å². The SMILES string of the molecule is Cc1ccc(-c2ccccn2)c(N2CCC(C)c3ocnc3C2)c1. The van der Waals surface area contributed by atoms with Crippen LogP contribution in [-0.4, -0.2) is 16.5 Å². The van der Waals surface area contributed by atoms with Crippen molar-refractivity contribution in [1.29, 1.82) is 0 Å². The molecule has 1 unspecified atom stereocenters. The van der Waals surface area contributed by atoms with Crippen molar-refractivity contribution in [2.45, 2.75) is 32.7 Å². The molecule has 0 spiro atoms. The quantitative estimate of drug-likeness (QED) is 0.694. The first-order valence-electron chi connectivity index (χ1n) is 8.41. The first-order valence-corrected chi connectivity index (χ1v) is 8.41. The summed E-state index contributed by atoms with van der Waals surface area (Å²) >= 11 is 0. The molecule has 4 nitrogen and oxygen atoms in total. The van der Waals surface area contributed by atoms with Crippen molar-refractivity contribution in [2.24, 2.45) is 0 Å². The molecule has 2 aromatic heterocycles. The number of oxazole rings is 1. The van der Waals surface area contributed by atoms with Crippen LogP contribution in [0, 0.1) is 6.92 Å². The maximum absolute atomic E-state index is 5.62. The molecule has 24 heavy (non-hydrogen) atoms. The number of nitrogens with zero attached hydrogens (tertiary/aromatic N) is 3. The number of fused-ring (bicyclic) bond motifs is 1. The summed E-state index contributed by atoms with van der Waals surface area (Å²) in [5.41, 5.74) is 5.69. The molecule has 1 atom stereocenters. The fourth-order valence-electron chi connectivity index (χ4n) is 3.39. The maximum Gasteiger partial charge on any atom is 0.181 e. The molecule has 0 fully saturated rings. The van der Waals surface area contributed by atoms with Gasteiger partial charge in [0.05, 0.1) is 12.2 Å². The minimum atomic E-state index is 0.399. The molecule has 3 aromatic rings. The van der Waals surface area contributed by atoms with E-state index in [1.807, 2.05) is 18.3 Å². The predicted molar refractivity (Wildman–Crippen MR) is 95.0 cm³/mol. The van der Waals surface area contributed by atoms with Crippen molar-refractivity contribution in [1.82, 2.24) is 9.97 Å². The highest BCUT2D eigenvalue weighted by Crippen LogP contribution is 2.35. The van der Waals surface area contributed by atoms with E-state index < -0.39 is 0 Å². The lowest BCUT2D eigenvalue weighted by Gasteiger charge is -2.25. The molecule has 4 rings (SSSR count). The smallest absolute Gasteiger partial charge is 0.181 e.